The third kappa shape index (κ3) is 5.74. The van der Waals surface area contributed by atoms with Crippen molar-refractivity contribution < 1.29 is 37.1 Å². The molecule has 8 nitrogen and oxygen atoms in total. The standard InChI is InChI=1S/C28H28F4N4O4S/c1-25(2,13-21(37)38)27(5,6)34-22(39)18-10-9-17(12-20(18)29)36-24(41)35(23(40)26(36,3)4)16-8-7-15(14-33)19(11-16)28(30,31)32/h7-12H,13H2,1-6H3,(H,34,39)(H,37,38). The number of hydrogen-bond donors (Lipinski definition) is 2. The summed E-state index contributed by atoms with van der Waals surface area (Å²) in [6, 6.07) is 7.74. The van der Waals surface area contributed by atoms with Gasteiger partial charge in [0.25, 0.3) is 11.8 Å². The smallest absolute Gasteiger partial charge is 0.417 e. The zero-order valence-electron chi connectivity index (χ0n) is 23.1. The molecule has 41 heavy (non-hydrogen) atoms. The highest BCUT2D eigenvalue weighted by atomic mass is 32.1. The Morgan fingerprint density at radius 2 is 1.66 bits per heavy atom. The van der Waals surface area contributed by atoms with Gasteiger partial charge in [-0.15, -0.1) is 0 Å². The molecule has 0 aromatic heterocycles. The first-order valence-corrected chi connectivity index (χ1v) is 12.7. The first kappa shape index (κ1) is 31.5. The Morgan fingerprint density at radius 1 is 1.07 bits per heavy atom. The van der Waals surface area contributed by atoms with Gasteiger partial charge in [0.2, 0.25) is 0 Å². The van der Waals surface area contributed by atoms with E-state index >= 15 is 4.39 Å². The van der Waals surface area contributed by atoms with E-state index in [1.54, 1.807) is 27.7 Å². The average Bonchev–Trinajstić information content (AvgIpc) is 3.00. The highest BCUT2D eigenvalue weighted by molar-refractivity contribution is 7.81. The third-order valence-corrected chi connectivity index (χ3v) is 7.89. The van der Waals surface area contributed by atoms with Crippen molar-refractivity contribution in [2.75, 3.05) is 9.80 Å². The van der Waals surface area contributed by atoms with Crippen molar-refractivity contribution in [3.8, 4) is 6.07 Å². The van der Waals surface area contributed by atoms with Crippen LogP contribution in [0.3, 0.4) is 0 Å². The monoisotopic (exact) mass is 592 g/mol. The van der Waals surface area contributed by atoms with Crippen LogP contribution in [0, 0.1) is 22.6 Å². The van der Waals surface area contributed by atoms with Gasteiger partial charge in [0.1, 0.15) is 11.4 Å². The molecule has 1 heterocycles. The van der Waals surface area contributed by atoms with Crippen LogP contribution in [-0.4, -0.2) is 39.1 Å². The van der Waals surface area contributed by atoms with Gasteiger partial charge in [-0.3, -0.25) is 19.3 Å². The molecule has 13 heteroatoms. The number of alkyl halides is 3. The number of thiocarbonyl (C=S) groups is 1. The van der Waals surface area contributed by atoms with E-state index in [-0.39, 0.29) is 28.5 Å². The molecule has 0 spiro atoms. The van der Waals surface area contributed by atoms with Crippen LogP contribution in [0.5, 0.6) is 0 Å². The predicted octanol–water partition coefficient (Wildman–Crippen LogP) is 5.64. The number of carbonyl (C=O) groups excluding carboxylic acids is 2. The molecule has 3 rings (SSSR count). The minimum atomic E-state index is -4.86. The Balaban J connectivity index is 1.97. The Labute approximate surface area is 239 Å². The summed E-state index contributed by atoms with van der Waals surface area (Å²) >= 11 is 5.46. The summed E-state index contributed by atoms with van der Waals surface area (Å²) in [4.78, 5) is 39.8. The summed E-state index contributed by atoms with van der Waals surface area (Å²) in [5.74, 6) is -3.51. The molecule has 2 N–H and O–H groups in total. The summed E-state index contributed by atoms with van der Waals surface area (Å²) in [5.41, 5.74) is -5.75. The van der Waals surface area contributed by atoms with Crippen LogP contribution in [-0.2, 0) is 15.8 Å². The summed E-state index contributed by atoms with van der Waals surface area (Å²) in [6.07, 6.45) is -5.12. The Bertz CT molecular complexity index is 1490. The molecule has 0 aliphatic carbocycles. The average molecular weight is 593 g/mol. The van der Waals surface area contributed by atoms with E-state index in [0.717, 1.165) is 17.0 Å². The van der Waals surface area contributed by atoms with Crippen LogP contribution in [0.15, 0.2) is 36.4 Å². The lowest BCUT2D eigenvalue weighted by Crippen LogP contribution is -2.54. The quantitative estimate of drug-likeness (QED) is 0.316. The predicted molar refractivity (Wildman–Crippen MR) is 147 cm³/mol. The zero-order chi connectivity index (χ0) is 31.3. The Kier molecular flexibility index (Phi) is 7.99. The van der Waals surface area contributed by atoms with Crippen LogP contribution in [0.4, 0.5) is 28.9 Å². The van der Waals surface area contributed by atoms with Crippen molar-refractivity contribution in [2.24, 2.45) is 5.41 Å². The Morgan fingerprint density at radius 3 is 2.17 bits per heavy atom. The number of nitrogens with zero attached hydrogens (tertiary/aromatic N) is 3. The van der Waals surface area contributed by atoms with Crippen molar-refractivity contribution in [1.82, 2.24) is 5.32 Å². The number of carboxylic acid groups (broad SMARTS) is 1. The topological polar surface area (TPSA) is 114 Å². The van der Waals surface area contributed by atoms with Gasteiger partial charge in [-0.1, -0.05) is 13.8 Å². The van der Waals surface area contributed by atoms with Crippen LogP contribution >= 0.6 is 12.2 Å². The fourth-order valence-electron chi connectivity index (χ4n) is 4.41. The number of nitrogens with one attached hydrogen (secondary N) is 1. The van der Waals surface area contributed by atoms with E-state index in [9.17, 15) is 32.7 Å². The number of nitriles is 1. The molecule has 2 aromatic rings. The lowest BCUT2D eigenvalue weighted by atomic mass is 9.72. The zero-order valence-corrected chi connectivity index (χ0v) is 23.9. The molecule has 1 aliphatic heterocycles. The summed E-state index contributed by atoms with van der Waals surface area (Å²) in [5, 5.41) is 20.7. The first-order valence-electron chi connectivity index (χ1n) is 12.3. The van der Waals surface area contributed by atoms with Gasteiger partial charge in [0.15, 0.2) is 5.11 Å². The fourth-order valence-corrected chi connectivity index (χ4v) is 4.93. The maximum atomic E-state index is 15.3. The number of benzene rings is 2. The van der Waals surface area contributed by atoms with E-state index in [2.05, 4.69) is 5.32 Å². The number of halogens is 4. The molecule has 0 saturated carbocycles. The van der Waals surface area contributed by atoms with Crippen molar-refractivity contribution in [3.63, 3.8) is 0 Å². The highest BCUT2D eigenvalue weighted by Crippen LogP contribution is 2.40. The van der Waals surface area contributed by atoms with Gasteiger partial charge in [-0.25, -0.2) is 4.39 Å². The second-order valence-electron chi connectivity index (χ2n) is 11.4. The molecule has 218 valence electrons. The first-order chi connectivity index (χ1) is 18.7. The van der Waals surface area contributed by atoms with Crippen molar-refractivity contribution in [1.29, 1.82) is 5.26 Å². The van der Waals surface area contributed by atoms with E-state index in [0.29, 0.717) is 6.07 Å². The molecule has 2 amide bonds. The number of carboxylic acids is 1. The molecule has 0 atom stereocenters. The minimum Gasteiger partial charge on any atom is -0.481 e. The van der Waals surface area contributed by atoms with E-state index < -0.39 is 57.4 Å². The maximum absolute atomic E-state index is 15.3. The molecule has 1 fully saturated rings. The van der Waals surface area contributed by atoms with Gasteiger partial charge < -0.3 is 15.3 Å². The SMILES string of the molecule is CC1(C)C(=O)N(c2ccc(C#N)c(C(F)(F)F)c2)C(=S)N1c1ccc(C(=O)NC(C)(C)C(C)(C)CC(=O)O)c(F)c1. The minimum absolute atomic E-state index is 0.0695. The third-order valence-electron chi connectivity index (χ3n) is 7.52. The molecule has 0 unspecified atom stereocenters. The van der Waals surface area contributed by atoms with Crippen LogP contribution < -0.4 is 15.1 Å². The maximum Gasteiger partial charge on any atom is 0.417 e. The van der Waals surface area contributed by atoms with Crippen molar-refractivity contribution >= 4 is 46.5 Å². The summed E-state index contributed by atoms with van der Waals surface area (Å²) < 4.78 is 56.0. The molecule has 2 aromatic carbocycles. The fraction of sp³-hybridized carbons (Fsp3) is 0.393. The van der Waals surface area contributed by atoms with Gasteiger partial charge in [0.05, 0.1) is 34.9 Å². The molecular formula is C28H28F4N4O4S. The molecular weight excluding hydrogens is 564 g/mol. The number of rotatable bonds is 7. The molecule has 0 radical (unpaired) electrons. The molecule has 1 saturated heterocycles. The largest absolute Gasteiger partial charge is 0.481 e. The lowest BCUT2D eigenvalue weighted by molar-refractivity contribution is -0.140. The second kappa shape index (κ2) is 10.4. The van der Waals surface area contributed by atoms with E-state index in [1.165, 1.54) is 43.0 Å². The normalized spacial score (nSPS) is 15.6. The molecule has 1 aliphatic rings. The lowest BCUT2D eigenvalue weighted by Gasteiger charge is -2.41. The van der Waals surface area contributed by atoms with Gasteiger partial charge >= 0.3 is 12.1 Å². The van der Waals surface area contributed by atoms with Gasteiger partial charge in [0, 0.05) is 11.2 Å². The molecule has 0 bridgehead atoms. The number of hydrogen-bond acceptors (Lipinski definition) is 5. The van der Waals surface area contributed by atoms with Crippen molar-refractivity contribution in [2.45, 2.75) is 65.2 Å². The van der Waals surface area contributed by atoms with E-state index in [1.807, 2.05) is 0 Å². The number of aliphatic carboxylic acids is 1. The second-order valence-corrected chi connectivity index (χ2v) is 11.7. The Hall–Kier alpha value is -4.05. The summed E-state index contributed by atoms with van der Waals surface area (Å²) in [6.45, 7) is 9.48. The van der Waals surface area contributed by atoms with Gasteiger partial charge in [-0.2, -0.15) is 18.4 Å². The van der Waals surface area contributed by atoms with Crippen LogP contribution in [0.2, 0.25) is 0 Å². The van der Waals surface area contributed by atoms with E-state index in [4.69, 9.17) is 17.5 Å². The summed E-state index contributed by atoms with van der Waals surface area (Å²) in [7, 11) is 0. The highest BCUT2D eigenvalue weighted by Gasteiger charge is 2.51. The number of anilines is 2. The number of carbonyl (C=O) groups is 3. The van der Waals surface area contributed by atoms with Crippen LogP contribution in [0.1, 0.15) is 69.4 Å². The number of amides is 2. The van der Waals surface area contributed by atoms with Crippen molar-refractivity contribution in [3.05, 3.63) is 58.9 Å². The van der Waals surface area contributed by atoms with Crippen LogP contribution in [0.25, 0.3) is 0 Å². The van der Waals surface area contributed by atoms with Gasteiger partial charge in [-0.05, 0) is 81.7 Å².